The van der Waals surface area contributed by atoms with E-state index < -0.39 is 0 Å². The summed E-state index contributed by atoms with van der Waals surface area (Å²) in [6, 6.07) is 17.8. The molecule has 0 saturated carbocycles. The lowest BCUT2D eigenvalue weighted by Gasteiger charge is -2.38. The fraction of sp³-hybridized carbons (Fsp3) is 0.429. The van der Waals surface area contributed by atoms with Crippen molar-refractivity contribution in [3.63, 3.8) is 0 Å². The van der Waals surface area contributed by atoms with Gasteiger partial charge in [-0.25, -0.2) is 0 Å². The van der Waals surface area contributed by atoms with Gasteiger partial charge in [0.1, 0.15) is 0 Å². The van der Waals surface area contributed by atoms with Gasteiger partial charge in [0.25, 0.3) is 0 Å². The highest BCUT2D eigenvalue weighted by atomic mass is 16.5. The molecule has 1 unspecified atom stereocenters. The zero-order valence-corrected chi connectivity index (χ0v) is 15.4. The van der Waals surface area contributed by atoms with Crippen LogP contribution in [-0.2, 0) is 6.42 Å². The highest BCUT2D eigenvalue weighted by Gasteiger charge is 2.24. The highest BCUT2D eigenvalue weighted by molar-refractivity contribution is 5.43. The second-order valence-electron chi connectivity index (χ2n) is 6.63. The van der Waals surface area contributed by atoms with Gasteiger partial charge >= 0.3 is 0 Å². The SMILES string of the molecule is COc1ccc(CC2CN([C@@H](C)c3ccccc3)CCN2)cc1OC. The minimum atomic E-state index is 0.441. The Morgan fingerprint density at radius 1 is 1.08 bits per heavy atom. The molecule has 1 N–H and O–H groups in total. The van der Waals surface area contributed by atoms with Gasteiger partial charge in [0, 0.05) is 31.7 Å². The summed E-state index contributed by atoms with van der Waals surface area (Å²) in [6.07, 6.45) is 0.984. The Kier molecular flexibility index (Phi) is 5.95. The quantitative estimate of drug-likeness (QED) is 0.875. The van der Waals surface area contributed by atoms with Gasteiger partial charge in [-0.15, -0.1) is 0 Å². The van der Waals surface area contributed by atoms with Crippen LogP contribution >= 0.6 is 0 Å². The predicted molar refractivity (Wildman–Crippen MR) is 101 cm³/mol. The summed E-state index contributed by atoms with van der Waals surface area (Å²) >= 11 is 0. The number of benzene rings is 2. The van der Waals surface area contributed by atoms with Gasteiger partial charge in [-0.1, -0.05) is 36.4 Å². The van der Waals surface area contributed by atoms with E-state index in [-0.39, 0.29) is 0 Å². The Morgan fingerprint density at radius 3 is 2.56 bits per heavy atom. The molecule has 0 amide bonds. The summed E-state index contributed by atoms with van der Waals surface area (Å²) < 4.78 is 10.8. The maximum atomic E-state index is 5.43. The Hall–Kier alpha value is -2.04. The topological polar surface area (TPSA) is 33.7 Å². The molecule has 4 nitrogen and oxygen atoms in total. The minimum absolute atomic E-state index is 0.441. The fourth-order valence-corrected chi connectivity index (χ4v) is 3.57. The summed E-state index contributed by atoms with van der Waals surface area (Å²) in [6.45, 7) is 5.45. The second kappa shape index (κ2) is 8.37. The minimum Gasteiger partial charge on any atom is -0.493 e. The number of hydrogen-bond acceptors (Lipinski definition) is 4. The number of rotatable bonds is 6. The van der Waals surface area contributed by atoms with Crippen molar-refractivity contribution >= 4 is 0 Å². The van der Waals surface area contributed by atoms with Gasteiger partial charge in [-0.2, -0.15) is 0 Å². The van der Waals surface area contributed by atoms with Crippen LogP contribution in [0.25, 0.3) is 0 Å². The molecular formula is C21H28N2O2. The normalized spacial score (nSPS) is 19.4. The molecule has 1 saturated heterocycles. The van der Waals surface area contributed by atoms with E-state index in [1.54, 1.807) is 14.2 Å². The first-order chi connectivity index (χ1) is 12.2. The number of nitrogens with one attached hydrogen (secondary N) is 1. The molecule has 0 radical (unpaired) electrons. The van der Waals surface area contributed by atoms with E-state index in [9.17, 15) is 0 Å². The summed E-state index contributed by atoms with van der Waals surface area (Å²) in [5.41, 5.74) is 2.65. The van der Waals surface area contributed by atoms with Gasteiger partial charge < -0.3 is 14.8 Å². The summed E-state index contributed by atoms with van der Waals surface area (Å²) in [4.78, 5) is 2.57. The average molecular weight is 340 g/mol. The van der Waals surface area contributed by atoms with Crippen LogP contribution in [0.4, 0.5) is 0 Å². The van der Waals surface area contributed by atoms with Crippen LogP contribution in [0.3, 0.4) is 0 Å². The largest absolute Gasteiger partial charge is 0.493 e. The number of hydrogen-bond donors (Lipinski definition) is 1. The van der Waals surface area contributed by atoms with Gasteiger partial charge in [0.2, 0.25) is 0 Å². The lowest BCUT2D eigenvalue weighted by Crippen LogP contribution is -2.52. The zero-order valence-electron chi connectivity index (χ0n) is 15.4. The van der Waals surface area contributed by atoms with E-state index in [2.05, 4.69) is 59.6 Å². The Morgan fingerprint density at radius 2 is 1.84 bits per heavy atom. The molecule has 25 heavy (non-hydrogen) atoms. The maximum absolute atomic E-state index is 5.43. The molecule has 0 aromatic heterocycles. The fourth-order valence-electron chi connectivity index (χ4n) is 3.57. The average Bonchev–Trinajstić information content (AvgIpc) is 2.68. The molecule has 1 heterocycles. The number of nitrogens with zero attached hydrogens (tertiary/aromatic N) is 1. The molecule has 1 aliphatic heterocycles. The molecule has 0 bridgehead atoms. The Balaban J connectivity index is 1.66. The van der Waals surface area contributed by atoms with Crippen LogP contribution < -0.4 is 14.8 Å². The van der Waals surface area contributed by atoms with E-state index in [1.807, 2.05) is 6.07 Å². The summed E-state index contributed by atoms with van der Waals surface area (Å²) in [5.74, 6) is 1.58. The van der Waals surface area contributed by atoms with Gasteiger partial charge in [0.15, 0.2) is 11.5 Å². The smallest absolute Gasteiger partial charge is 0.160 e. The molecule has 2 aromatic rings. The van der Waals surface area contributed by atoms with E-state index in [0.29, 0.717) is 12.1 Å². The van der Waals surface area contributed by atoms with E-state index in [4.69, 9.17) is 9.47 Å². The molecule has 0 aliphatic carbocycles. The van der Waals surface area contributed by atoms with E-state index >= 15 is 0 Å². The molecule has 4 heteroatoms. The molecule has 134 valence electrons. The van der Waals surface area contributed by atoms with Crippen molar-refractivity contribution in [1.82, 2.24) is 10.2 Å². The van der Waals surface area contributed by atoms with Crippen molar-refractivity contribution < 1.29 is 9.47 Å². The number of ether oxygens (including phenoxy) is 2. The van der Waals surface area contributed by atoms with Crippen molar-refractivity contribution in [3.05, 3.63) is 59.7 Å². The van der Waals surface area contributed by atoms with Gasteiger partial charge in [0.05, 0.1) is 14.2 Å². The molecule has 2 aromatic carbocycles. The summed E-state index contributed by atoms with van der Waals surface area (Å²) in [7, 11) is 3.35. The van der Waals surface area contributed by atoms with Crippen LogP contribution in [0.2, 0.25) is 0 Å². The highest BCUT2D eigenvalue weighted by Crippen LogP contribution is 2.28. The third-order valence-corrected chi connectivity index (χ3v) is 5.05. The van der Waals surface area contributed by atoms with Crippen molar-refractivity contribution in [3.8, 4) is 11.5 Å². The standard InChI is InChI=1S/C21H28N2O2/c1-16(18-7-5-4-6-8-18)23-12-11-22-19(15-23)13-17-9-10-20(24-2)21(14-17)25-3/h4-10,14,16,19,22H,11-13,15H2,1-3H3/t16-,19?/m0/s1. The van der Waals surface area contributed by atoms with Crippen LogP contribution in [0.15, 0.2) is 48.5 Å². The lowest BCUT2D eigenvalue weighted by atomic mass is 10.0. The first-order valence-electron chi connectivity index (χ1n) is 8.94. The molecule has 0 spiro atoms. The van der Waals surface area contributed by atoms with Gasteiger partial charge in [-0.05, 0) is 36.6 Å². The second-order valence-corrected chi connectivity index (χ2v) is 6.63. The Labute approximate surface area is 150 Å². The third-order valence-electron chi connectivity index (χ3n) is 5.05. The van der Waals surface area contributed by atoms with E-state index in [1.165, 1.54) is 11.1 Å². The summed E-state index contributed by atoms with van der Waals surface area (Å²) in [5, 5.41) is 3.66. The predicted octanol–water partition coefficient (Wildman–Crippen LogP) is 3.28. The van der Waals surface area contributed by atoms with Crippen molar-refractivity contribution in [2.24, 2.45) is 0 Å². The Bertz CT molecular complexity index is 675. The lowest BCUT2D eigenvalue weighted by molar-refractivity contribution is 0.152. The van der Waals surface area contributed by atoms with Gasteiger partial charge in [-0.3, -0.25) is 4.90 Å². The molecular weight excluding hydrogens is 312 g/mol. The molecule has 1 aliphatic rings. The maximum Gasteiger partial charge on any atom is 0.160 e. The molecule has 1 fully saturated rings. The van der Waals surface area contributed by atoms with Crippen molar-refractivity contribution in [1.29, 1.82) is 0 Å². The van der Waals surface area contributed by atoms with Crippen LogP contribution in [-0.4, -0.2) is 44.8 Å². The van der Waals surface area contributed by atoms with Crippen LogP contribution in [0.5, 0.6) is 11.5 Å². The van der Waals surface area contributed by atoms with Crippen molar-refractivity contribution in [2.45, 2.75) is 25.4 Å². The molecule has 3 rings (SSSR count). The first-order valence-corrected chi connectivity index (χ1v) is 8.94. The number of piperazine rings is 1. The third kappa shape index (κ3) is 4.33. The first kappa shape index (κ1) is 17.8. The van der Waals surface area contributed by atoms with Crippen molar-refractivity contribution in [2.75, 3.05) is 33.9 Å². The number of methoxy groups -OCH3 is 2. The van der Waals surface area contributed by atoms with Crippen LogP contribution in [0, 0.1) is 0 Å². The van der Waals surface area contributed by atoms with Crippen LogP contribution in [0.1, 0.15) is 24.1 Å². The van der Waals surface area contributed by atoms with E-state index in [0.717, 1.165) is 37.6 Å². The molecule has 2 atom stereocenters. The monoisotopic (exact) mass is 340 g/mol. The zero-order chi connectivity index (χ0) is 17.6.